The number of nitrogens with zero attached hydrogens (tertiary/aromatic N) is 1. The molecule has 0 radical (unpaired) electrons. The van der Waals surface area contributed by atoms with Gasteiger partial charge in [-0.1, -0.05) is 32.9 Å². The minimum Gasteiger partial charge on any atom is -0.383 e. The Labute approximate surface area is 146 Å². The van der Waals surface area contributed by atoms with Crippen LogP contribution in [0.2, 0.25) is 0 Å². The normalized spacial score (nSPS) is 19.8. The smallest absolute Gasteiger partial charge is 0.240 e. The molecule has 24 heavy (non-hydrogen) atoms. The molecule has 2 rings (SSSR count). The van der Waals surface area contributed by atoms with Gasteiger partial charge in [-0.15, -0.1) is 0 Å². The van der Waals surface area contributed by atoms with E-state index in [2.05, 4.69) is 30.4 Å². The molecule has 1 N–H and O–H groups in total. The molecule has 0 aliphatic carbocycles. The van der Waals surface area contributed by atoms with Crippen LogP contribution in [-0.4, -0.2) is 53.2 Å². The fraction of sp³-hybridized carbons (Fsp3) is 0.667. The van der Waals surface area contributed by atoms with Gasteiger partial charge in [-0.05, 0) is 42.0 Å². The van der Waals surface area contributed by atoms with Crippen molar-refractivity contribution in [3.8, 4) is 0 Å². The van der Waals surface area contributed by atoms with Gasteiger partial charge in [0, 0.05) is 26.7 Å². The molecule has 136 valence electrons. The number of rotatable bonds is 7. The van der Waals surface area contributed by atoms with Crippen molar-refractivity contribution in [2.75, 3.05) is 39.9 Å². The lowest BCUT2D eigenvalue weighted by Gasteiger charge is -2.19. The highest BCUT2D eigenvalue weighted by molar-refractivity contribution is 7.89. The molecule has 0 spiro atoms. The van der Waals surface area contributed by atoms with Gasteiger partial charge in [-0.3, -0.25) is 0 Å². The molecule has 1 fully saturated rings. The van der Waals surface area contributed by atoms with Crippen molar-refractivity contribution < 1.29 is 13.2 Å². The third kappa shape index (κ3) is 5.28. The Balaban J connectivity index is 1.90. The highest BCUT2D eigenvalue weighted by Crippen LogP contribution is 2.23. The van der Waals surface area contributed by atoms with Crippen molar-refractivity contribution in [1.29, 1.82) is 0 Å². The standard InChI is InChI=1S/C18H30N2O3S/c1-18(2,3)16-5-7-17(8-6-16)24(21,22)19-13-15-9-10-20(14-15)11-12-23-4/h5-8,15,19H,9-14H2,1-4H3. The third-order valence-corrected chi connectivity index (χ3v) is 6.01. The fourth-order valence-electron chi connectivity index (χ4n) is 2.95. The summed E-state index contributed by atoms with van der Waals surface area (Å²) in [6.45, 7) is 10.4. The number of benzene rings is 1. The van der Waals surface area contributed by atoms with Gasteiger partial charge in [-0.25, -0.2) is 13.1 Å². The van der Waals surface area contributed by atoms with E-state index in [9.17, 15) is 8.42 Å². The van der Waals surface area contributed by atoms with E-state index in [4.69, 9.17) is 4.74 Å². The van der Waals surface area contributed by atoms with Crippen LogP contribution in [0.15, 0.2) is 29.2 Å². The number of likely N-dealkylation sites (tertiary alicyclic amines) is 1. The molecule has 0 amide bonds. The molecule has 0 aromatic heterocycles. The van der Waals surface area contributed by atoms with Gasteiger partial charge in [0.15, 0.2) is 0 Å². The summed E-state index contributed by atoms with van der Waals surface area (Å²) in [5.74, 6) is 0.366. The van der Waals surface area contributed by atoms with Crippen LogP contribution >= 0.6 is 0 Å². The topological polar surface area (TPSA) is 58.6 Å². The molecule has 1 aromatic carbocycles. The number of methoxy groups -OCH3 is 1. The first-order chi connectivity index (χ1) is 11.2. The van der Waals surface area contributed by atoms with Crippen LogP contribution in [0.4, 0.5) is 0 Å². The zero-order valence-electron chi connectivity index (χ0n) is 15.2. The summed E-state index contributed by atoms with van der Waals surface area (Å²) >= 11 is 0. The fourth-order valence-corrected chi connectivity index (χ4v) is 4.06. The summed E-state index contributed by atoms with van der Waals surface area (Å²) in [6.07, 6.45) is 1.02. The Hall–Kier alpha value is -0.950. The van der Waals surface area contributed by atoms with Crippen LogP contribution < -0.4 is 4.72 Å². The van der Waals surface area contributed by atoms with Crippen LogP contribution in [0.5, 0.6) is 0 Å². The summed E-state index contributed by atoms with van der Waals surface area (Å²) in [7, 11) is -1.74. The van der Waals surface area contributed by atoms with E-state index < -0.39 is 10.0 Å². The number of hydrogen-bond acceptors (Lipinski definition) is 4. The van der Waals surface area contributed by atoms with E-state index in [1.165, 1.54) is 0 Å². The maximum absolute atomic E-state index is 12.5. The summed E-state index contributed by atoms with van der Waals surface area (Å²) in [4.78, 5) is 2.66. The molecule has 1 saturated heterocycles. The van der Waals surface area contributed by atoms with Crippen molar-refractivity contribution in [2.45, 2.75) is 37.5 Å². The van der Waals surface area contributed by atoms with E-state index >= 15 is 0 Å². The lowest BCUT2D eigenvalue weighted by atomic mass is 9.87. The maximum Gasteiger partial charge on any atom is 0.240 e. The first-order valence-electron chi connectivity index (χ1n) is 8.54. The zero-order chi connectivity index (χ0) is 17.8. The number of sulfonamides is 1. The molecule has 5 nitrogen and oxygen atoms in total. The van der Waals surface area contributed by atoms with E-state index in [-0.39, 0.29) is 5.41 Å². The quantitative estimate of drug-likeness (QED) is 0.816. The van der Waals surface area contributed by atoms with Gasteiger partial charge >= 0.3 is 0 Å². The second-order valence-electron chi connectivity index (χ2n) is 7.57. The van der Waals surface area contributed by atoms with Crippen molar-refractivity contribution >= 4 is 10.0 Å². The first kappa shape index (κ1) is 19.4. The van der Waals surface area contributed by atoms with Crippen LogP contribution in [0, 0.1) is 5.92 Å². The molecular formula is C18H30N2O3S. The van der Waals surface area contributed by atoms with Crippen LogP contribution in [0.3, 0.4) is 0 Å². The molecule has 6 heteroatoms. The highest BCUT2D eigenvalue weighted by Gasteiger charge is 2.24. The Kier molecular flexibility index (Phi) is 6.42. The zero-order valence-corrected chi connectivity index (χ0v) is 16.0. The minimum absolute atomic E-state index is 0.0191. The van der Waals surface area contributed by atoms with Crippen molar-refractivity contribution in [3.63, 3.8) is 0 Å². The summed E-state index contributed by atoms with van der Waals surface area (Å²) in [6, 6.07) is 7.19. The van der Waals surface area contributed by atoms with Gasteiger partial charge in [0.2, 0.25) is 10.0 Å². The first-order valence-corrected chi connectivity index (χ1v) is 10.0. The number of nitrogens with one attached hydrogen (secondary N) is 1. The Bertz CT molecular complexity index is 621. The van der Waals surface area contributed by atoms with E-state index in [0.29, 0.717) is 17.4 Å². The van der Waals surface area contributed by atoms with Crippen LogP contribution in [-0.2, 0) is 20.2 Å². The lowest BCUT2D eigenvalue weighted by Crippen LogP contribution is -2.31. The van der Waals surface area contributed by atoms with E-state index in [1.54, 1.807) is 19.2 Å². The largest absolute Gasteiger partial charge is 0.383 e. The Morgan fingerprint density at radius 3 is 2.50 bits per heavy atom. The predicted molar refractivity (Wildman–Crippen MR) is 96.8 cm³/mol. The number of ether oxygens (including phenoxy) is 1. The van der Waals surface area contributed by atoms with Gasteiger partial charge in [0.1, 0.15) is 0 Å². The van der Waals surface area contributed by atoms with E-state index in [1.807, 2.05) is 12.1 Å². The van der Waals surface area contributed by atoms with Gasteiger partial charge < -0.3 is 9.64 Å². The molecule has 1 atom stereocenters. The Morgan fingerprint density at radius 1 is 1.25 bits per heavy atom. The molecule has 1 aliphatic rings. The molecule has 1 aliphatic heterocycles. The Morgan fingerprint density at radius 2 is 1.92 bits per heavy atom. The maximum atomic E-state index is 12.5. The molecule has 0 bridgehead atoms. The summed E-state index contributed by atoms with van der Waals surface area (Å²) in [5, 5.41) is 0. The lowest BCUT2D eigenvalue weighted by molar-refractivity contribution is 0.159. The summed E-state index contributed by atoms with van der Waals surface area (Å²) < 4.78 is 32.8. The molecule has 1 unspecified atom stereocenters. The monoisotopic (exact) mass is 354 g/mol. The van der Waals surface area contributed by atoms with Crippen LogP contribution in [0.25, 0.3) is 0 Å². The van der Waals surface area contributed by atoms with Crippen LogP contribution in [0.1, 0.15) is 32.8 Å². The van der Waals surface area contributed by atoms with Gasteiger partial charge in [0.05, 0.1) is 11.5 Å². The molecule has 0 saturated carbocycles. The van der Waals surface area contributed by atoms with Crippen molar-refractivity contribution in [3.05, 3.63) is 29.8 Å². The van der Waals surface area contributed by atoms with Gasteiger partial charge in [-0.2, -0.15) is 0 Å². The molecular weight excluding hydrogens is 324 g/mol. The minimum atomic E-state index is -3.44. The molecule has 1 heterocycles. The SMILES string of the molecule is COCCN1CCC(CNS(=O)(=O)c2ccc(C(C)(C)C)cc2)C1. The predicted octanol–water partition coefficient (Wildman–Crippen LogP) is 2.23. The van der Waals surface area contributed by atoms with E-state index in [0.717, 1.165) is 38.2 Å². The second-order valence-corrected chi connectivity index (χ2v) is 9.34. The summed E-state index contributed by atoms with van der Waals surface area (Å²) in [5.41, 5.74) is 1.15. The third-order valence-electron chi connectivity index (χ3n) is 4.57. The van der Waals surface area contributed by atoms with Crippen molar-refractivity contribution in [1.82, 2.24) is 9.62 Å². The molecule has 1 aromatic rings. The average molecular weight is 355 g/mol. The van der Waals surface area contributed by atoms with Gasteiger partial charge in [0.25, 0.3) is 0 Å². The highest BCUT2D eigenvalue weighted by atomic mass is 32.2. The van der Waals surface area contributed by atoms with Crippen molar-refractivity contribution in [2.24, 2.45) is 5.92 Å². The second kappa shape index (κ2) is 7.95. The average Bonchev–Trinajstić information content (AvgIpc) is 2.98. The number of hydrogen-bond donors (Lipinski definition) is 1.